The van der Waals surface area contributed by atoms with Gasteiger partial charge in [0, 0.05) is 23.3 Å². The second-order valence-electron chi connectivity index (χ2n) is 7.37. The van der Waals surface area contributed by atoms with Gasteiger partial charge < -0.3 is 4.74 Å². The fourth-order valence-corrected chi connectivity index (χ4v) is 4.18. The van der Waals surface area contributed by atoms with Crippen LogP contribution in [0.1, 0.15) is 17.3 Å². The number of rotatable bonds is 5. The summed E-state index contributed by atoms with van der Waals surface area (Å²) in [5, 5.41) is 7.31. The van der Waals surface area contributed by atoms with Gasteiger partial charge in [0.05, 0.1) is 16.8 Å². The number of anilines is 1. The van der Waals surface area contributed by atoms with Crippen molar-refractivity contribution in [3.8, 4) is 11.3 Å². The van der Waals surface area contributed by atoms with Crippen molar-refractivity contribution in [3.05, 3.63) is 84.0 Å². The number of benzene rings is 3. The fraction of sp³-hybridized carbons (Fsp3) is 0.0800. The number of nitrogens with zero attached hydrogens (tertiary/aromatic N) is 3. The smallest absolute Gasteiger partial charge is 0.341 e. The Kier molecular flexibility index (Phi) is 5.50. The summed E-state index contributed by atoms with van der Waals surface area (Å²) in [4.78, 5) is 38.2. The summed E-state index contributed by atoms with van der Waals surface area (Å²) in [6, 6.07) is 19.3. The quantitative estimate of drug-likeness (QED) is 0.372. The Morgan fingerprint density at radius 3 is 2.67 bits per heavy atom. The van der Waals surface area contributed by atoms with Crippen LogP contribution in [0.2, 0.25) is 0 Å². The largest absolute Gasteiger partial charge is 0.449 e. The molecule has 8 heteroatoms. The van der Waals surface area contributed by atoms with Crippen molar-refractivity contribution in [2.45, 2.75) is 13.0 Å². The van der Waals surface area contributed by atoms with E-state index >= 15 is 0 Å². The van der Waals surface area contributed by atoms with Crippen LogP contribution in [0.5, 0.6) is 0 Å². The molecule has 1 amide bonds. The van der Waals surface area contributed by atoms with Gasteiger partial charge in [0.2, 0.25) is 0 Å². The highest BCUT2D eigenvalue weighted by Gasteiger charge is 2.22. The molecule has 7 nitrogen and oxygen atoms in total. The summed E-state index contributed by atoms with van der Waals surface area (Å²) in [6.07, 6.45) is 2.04. The maximum Gasteiger partial charge on any atom is 0.341 e. The average molecular weight is 455 g/mol. The Labute approximate surface area is 193 Å². The lowest BCUT2D eigenvalue weighted by molar-refractivity contribution is -0.123. The van der Waals surface area contributed by atoms with E-state index in [1.165, 1.54) is 24.5 Å². The summed E-state index contributed by atoms with van der Waals surface area (Å²) >= 11 is 1.31. The van der Waals surface area contributed by atoms with E-state index in [9.17, 15) is 9.59 Å². The Morgan fingerprint density at radius 2 is 1.79 bits per heavy atom. The topological polar surface area (TPSA) is 94.1 Å². The molecule has 1 unspecified atom stereocenters. The standard InChI is InChI=1S/C25H18N4O3S/c1-15(32-24(31)19-7-4-8-20-22(19)27-12-11-26-20)23(30)29-25-28-21(14-33-25)18-10-9-16-5-2-3-6-17(16)13-18/h2-15H,1H3,(H,28,29,30). The number of hydrogen-bond donors (Lipinski definition) is 1. The van der Waals surface area contributed by atoms with E-state index in [1.807, 2.05) is 35.7 Å². The molecule has 0 fully saturated rings. The van der Waals surface area contributed by atoms with Crippen molar-refractivity contribution in [2.24, 2.45) is 0 Å². The molecule has 0 radical (unpaired) electrons. The second-order valence-corrected chi connectivity index (χ2v) is 8.22. The molecular weight excluding hydrogens is 436 g/mol. The Balaban J connectivity index is 1.27. The van der Waals surface area contributed by atoms with E-state index in [0.29, 0.717) is 16.2 Å². The van der Waals surface area contributed by atoms with Crippen LogP contribution in [0.3, 0.4) is 0 Å². The number of amides is 1. The van der Waals surface area contributed by atoms with Gasteiger partial charge in [0.15, 0.2) is 11.2 Å². The molecule has 0 saturated carbocycles. The van der Waals surface area contributed by atoms with Crippen LogP contribution in [-0.4, -0.2) is 32.9 Å². The van der Waals surface area contributed by atoms with Crippen molar-refractivity contribution in [1.82, 2.24) is 15.0 Å². The number of hydrogen-bond acceptors (Lipinski definition) is 7. The minimum Gasteiger partial charge on any atom is -0.449 e. The zero-order valence-corrected chi connectivity index (χ0v) is 18.4. The number of thiazole rings is 1. The molecule has 5 aromatic rings. The van der Waals surface area contributed by atoms with Crippen LogP contribution in [0.25, 0.3) is 33.1 Å². The normalized spacial score (nSPS) is 11.9. The third-order valence-corrected chi connectivity index (χ3v) is 5.91. The van der Waals surface area contributed by atoms with Gasteiger partial charge in [0.1, 0.15) is 5.52 Å². The number of para-hydroxylation sites is 1. The molecule has 1 atom stereocenters. The molecule has 2 heterocycles. The van der Waals surface area contributed by atoms with Gasteiger partial charge in [-0.15, -0.1) is 11.3 Å². The van der Waals surface area contributed by atoms with E-state index in [-0.39, 0.29) is 5.56 Å². The summed E-state index contributed by atoms with van der Waals surface area (Å²) in [5.74, 6) is -1.10. The maximum absolute atomic E-state index is 12.6. The molecule has 0 aliphatic heterocycles. The van der Waals surface area contributed by atoms with E-state index in [4.69, 9.17) is 4.74 Å². The van der Waals surface area contributed by atoms with E-state index in [1.54, 1.807) is 24.4 Å². The van der Waals surface area contributed by atoms with Crippen molar-refractivity contribution in [3.63, 3.8) is 0 Å². The minimum absolute atomic E-state index is 0.257. The molecule has 3 aromatic carbocycles. The number of fused-ring (bicyclic) bond motifs is 2. The molecule has 0 aliphatic rings. The zero-order chi connectivity index (χ0) is 22.8. The molecule has 0 aliphatic carbocycles. The number of nitrogens with one attached hydrogen (secondary N) is 1. The van der Waals surface area contributed by atoms with Crippen LogP contribution in [0.4, 0.5) is 5.13 Å². The lowest BCUT2D eigenvalue weighted by Gasteiger charge is -2.13. The number of carbonyl (C=O) groups excluding carboxylic acids is 2. The first kappa shape index (κ1) is 20.7. The van der Waals surface area contributed by atoms with Gasteiger partial charge in [-0.3, -0.25) is 20.1 Å². The molecule has 0 spiro atoms. The molecule has 33 heavy (non-hydrogen) atoms. The number of esters is 1. The third kappa shape index (κ3) is 4.28. The lowest BCUT2D eigenvalue weighted by atomic mass is 10.1. The van der Waals surface area contributed by atoms with Crippen LogP contribution in [0, 0.1) is 0 Å². The van der Waals surface area contributed by atoms with Gasteiger partial charge in [0.25, 0.3) is 5.91 Å². The van der Waals surface area contributed by atoms with Crippen molar-refractivity contribution >= 4 is 50.2 Å². The van der Waals surface area contributed by atoms with E-state index < -0.39 is 18.0 Å². The summed E-state index contributed by atoms with van der Waals surface area (Å²) in [6.45, 7) is 1.52. The number of carbonyl (C=O) groups is 2. The van der Waals surface area contributed by atoms with Crippen LogP contribution in [-0.2, 0) is 9.53 Å². The first-order valence-corrected chi connectivity index (χ1v) is 11.1. The molecule has 5 rings (SSSR count). The molecule has 2 aromatic heterocycles. The van der Waals surface area contributed by atoms with Crippen LogP contribution >= 0.6 is 11.3 Å². The summed E-state index contributed by atoms with van der Waals surface area (Å²) in [7, 11) is 0. The van der Waals surface area contributed by atoms with Gasteiger partial charge in [-0.05, 0) is 35.9 Å². The minimum atomic E-state index is -1.02. The lowest BCUT2D eigenvalue weighted by Crippen LogP contribution is -2.30. The van der Waals surface area contributed by atoms with E-state index in [0.717, 1.165) is 22.0 Å². The van der Waals surface area contributed by atoms with E-state index in [2.05, 4.69) is 32.4 Å². The van der Waals surface area contributed by atoms with Gasteiger partial charge in [-0.1, -0.05) is 42.5 Å². The zero-order valence-electron chi connectivity index (χ0n) is 17.6. The Hall–Kier alpha value is -4.17. The molecular formula is C25H18N4O3S. The van der Waals surface area contributed by atoms with Crippen molar-refractivity contribution < 1.29 is 14.3 Å². The monoisotopic (exact) mass is 454 g/mol. The SMILES string of the molecule is CC(OC(=O)c1cccc2nccnc12)C(=O)Nc1nc(-c2ccc3ccccc3c2)cs1. The third-order valence-electron chi connectivity index (χ3n) is 5.15. The van der Waals surface area contributed by atoms with Crippen molar-refractivity contribution in [2.75, 3.05) is 5.32 Å². The Bertz CT molecular complexity index is 1490. The predicted molar refractivity (Wildman–Crippen MR) is 128 cm³/mol. The molecule has 0 saturated heterocycles. The Morgan fingerprint density at radius 1 is 0.970 bits per heavy atom. The highest BCUT2D eigenvalue weighted by Crippen LogP contribution is 2.28. The van der Waals surface area contributed by atoms with Crippen molar-refractivity contribution in [1.29, 1.82) is 0 Å². The first-order chi connectivity index (χ1) is 16.1. The predicted octanol–water partition coefficient (Wildman–Crippen LogP) is 5.09. The maximum atomic E-state index is 12.6. The molecule has 1 N–H and O–H groups in total. The number of ether oxygens (including phenoxy) is 1. The van der Waals surface area contributed by atoms with Gasteiger partial charge >= 0.3 is 5.97 Å². The van der Waals surface area contributed by atoms with Gasteiger partial charge in [-0.2, -0.15) is 0 Å². The summed E-state index contributed by atoms with van der Waals surface area (Å²) < 4.78 is 5.38. The van der Waals surface area contributed by atoms with Gasteiger partial charge in [-0.25, -0.2) is 9.78 Å². The second kappa shape index (κ2) is 8.76. The van der Waals surface area contributed by atoms with Crippen LogP contribution < -0.4 is 5.32 Å². The molecule has 0 bridgehead atoms. The average Bonchev–Trinajstić information content (AvgIpc) is 3.31. The summed E-state index contributed by atoms with van der Waals surface area (Å²) in [5.41, 5.74) is 2.99. The first-order valence-electron chi connectivity index (χ1n) is 10.2. The fourth-order valence-electron chi connectivity index (χ4n) is 3.45. The highest BCUT2D eigenvalue weighted by atomic mass is 32.1. The number of aromatic nitrogens is 3. The van der Waals surface area contributed by atoms with Crippen LogP contribution in [0.15, 0.2) is 78.4 Å². The highest BCUT2D eigenvalue weighted by molar-refractivity contribution is 7.14. The molecule has 162 valence electrons.